The third kappa shape index (κ3) is 3.24. The van der Waals surface area contributed by atoms with E-state index in [0.717, 1.165) is 23.6 Å². The number of nitrogens with one attached hydrogen (secondary N) is 1. The van der Waals surface area contributed by atoms with Crippen LogP contribution in [0.1, 0.15) is 37.0 Å². The monoisotopic (exact) mass is 281 g/mol. The summed E-state index contributed by atoms with van der Waals surface area (Å²) in [6.07, 6.45) is 5.77. The molecule has 3 nitrogen and oxygen atoms in total. The molecule has 0 radical (unpaired) electrons. The van der Waals surface area contributed by atoms with Crippen LogP contribution in [0.3, 0.4) is 0 Å². The fourth-order valence-corrected chi connectivity index (χ4v) is 2.67. The minimum atomic E-state index is 0.0404. The number of benzene rings is 1. The van der Waals surface area contributed by atoms with E-state index in [1.807, 2.05) is 12.1 Å². The lowest BCUT2D eigenvalue weighted by atomic mass is 9.90. The molecule has 1 heterocycles. The second kappa shape index (κ2) is 6.00. The van der Waals surface area contributed by atoms with Gasteiger partial charge in [0.2, 0.25) is 0 Å². The molecule has 1 aliphatic rings. The lowest BCUT2D eigenvalue weighted by molar-refractivity contribution is -0.119. The lowest BCUT2D eigenvalue weighted by Crippen LogP contribution is -2.16. The molecule has 21 heavy (non-hydrogen) atoms. The molecule has 1 unspecified atom stereocenters. The van der Waals surface area contributed by atoms with Crippen molar-refractivity contribution < 1.29 is 9.21 Å². The predicted octanol–water partition coefficient (Wildman–Crippen LogP) is 4.28. The van der Waals surface area contributed by atoms with E-state index in [9.17, 15) is 4.79 Å². The Bertz CT molecular complexity index is 638. The van der Waals surface area contributed by atoms with Crippen molar-refractivity contribution in [3.63, 3.8) is 0 Å². The molecule has 0 aliphatic heterocycles. The second-order valence-electron chi connectivity index (χ2n) is 5.41. The molecule has 0 bridgehead atoms. The summed E-state index contributed by atoms with van der Waals surface area (Å²) in [6.45, 7) is 2.14. The molecule has 0 saturated carbocycles. The normalized spacial score (nSPS) is 18.4. The first-order chi connectivity index (χ1) is 10.2. The van der Waals surface area contributed by atoms with Crippen LogP contribution in [0, 0.1) is 0 Å². The second-order valence-corrected chi connectivity index (χ2v) is 5.41. The van der Waals surface area contributed by atoms with Crippen molar-refractivity contribution in [3.05, 3.63) is 65.8 Å². The van der Waals surface area contributed by atoms with Gasteiger partial charge in [-0.15, -0.1) is 0 Å². The van der Waals surface area contributed by atoms with Crippen molar-refractivity contribution in [3.8, 4) is 0 Å². The number of hydrogen-bond donors (Lipinski definition) is 1. The van der Waals surface area contributed by atoms with E-state index in [2.05, 4.69) is 42.6 Å². The summed E-state index contributed by atoms with van der Waals surface area (Å²) in [5.41, 5.74) is 3.28. The molecule has 0 fully saturated rings. The van der Waals surface area contributed by atoms with Crippen LogP contribution in [0.2, 0.25) is 0 Å². The molecule has 0 spiro atoms. The Morgan fingerprint density at radius 1 is 1.24 bits per heavy atom. The van der Waals surface area contributed by atoms with E-state index in [1.165, 1.54) is 5.56 Å². The van der Waals surface area contributed by atoms with Crippen molar-refractivity contribution >= 4 is 11.5 Å². The van der Waals surface area contributed by atoms with E-state index in [0.29, 0.717) is 12.8 Å². The number of allylic oxidation sites excluding steroid dienone is 2. The maximum absolute atomic E-state index is 11.9. The van der Waals surface area contributed by atoms with Gasteiger partial charge in [0, 0.05) is 30.1 Å². The molecular formula is C18H19NO2. The highest BCUT2D eigenvalue weighted by Gasteiger charge is 2.23. The van der Waals surface area contributed by atoms with Crippen LogP contribution in [0.15, 0.2) is 58.9 Å². The minimum absolute atomic E-state index is 0.0404. The van der Waals surface area contributed by atoms with Crippen LogP contribution >= 0.6 is 0 Å². The third-order valence-corrected chi connectivity index (χ3v) is 3.81. The number of furan rings is 1. The van der Waals surface area contributed by atoms with Crippen LogP contribution in [0.5, 0.6) is 0 Å². The van der Waals surface area contributed by atoms with Gasteiger partial charge in [0.05, 0.1) is 6.26 Å². The molecule has 2 aromatic rings. The summed E-state index contributed by atoms with van der Waals surface area (Å²) >= 11 is 0. The standard InChI is InChI=1S/C18H19NO2/c1-2-13-5-7-15(8-6-13)19-16-10-14(11-17(20)12-16)18-4-3-9-21-18/h3-10,14,19H,2,11-12H2,1H3. The Morgan fingerprint density at radius 3 is 2.71 bits per heavy atom. The molecule has 3 rings (SSSR count). The lowest BCUT2D eigenvalue weighted by Gasteiger charge is -2.20. The number of carbonyl (C=O) groups is 1. The maximum atomic E-state index is 11.9. The number of ketones is 1. The zero-order chi connectivity index (χ0) is 14.7. The van der Waals surface area contributed by atoms with Gasteiger partial charge in [0.1, 0.15) is 11.5 Å². The first-order valence-corrected chi connectivity index (χ1v) is 7.36. The van der Waals surface area contributed by atoms with E-state index in [-0.39, 0.29) is 11.7 Å². The van der Waals surface area contributed by atoms with Crippen LogP contribution < -0.4 is 5.32 Å². The number of carbonyl (C=O) groups excluding carboxylic acids is 1. The van der Waals surface area contributed by atoms with Crippen molar-refractivity contribution in [1.82, 2.24) is 0 Å². The molecule has 108 valence electrons. The van der Waals surface area contributed by atoms with Gasteiger partial charge in [-0.2, -0.15) is 0 Å². The van der Waals surface area contributed by atoms with E-state index < -0.39 is 0 Å². The zero-order valence-electron chi connectivity index (χ0n) is 12.1. The maximum Gasteiger partial charge on any atom is 0.139 e. The van der Waals surface area contributed by atoms with E-state index in [4.69, 9.17) is 4.42 Å². The van der Waals surface area contributed by atoms with Crippen LogP contribution in [-0.4, -0.2) is 5.78 Å². The summed E-state index contributed by atoms with van der Waals surface area (Å²) in [7, 11) is 0. The molecule has 1 aliphatic carbocycles. The number of rotatable bonds is 4. The summed E-state index contributed by atoms with van der Waals surface area (Å²) in [5.74, 6) is 1.13. The van der Waals surface area contributed by atoms with Crippen molar-refractivity contribution in [2.24, 2.45) is 0 Å². The average molecular weight is 281 g/mol. The van der Waals surface area contributed by atoms with Gasteiger partial charge in [0.25, 0.3) is 0 Å². The predicted molar refractivity (Wildman–Crippen MR) is 83.2 cm³/mol. The van der Waals surface area contributed by atoms with Gasteiger partial charge in [0.15, 0.2) is 0 Å². The highest BCUT2D eigenvalue weighted by Crippen LogP contribution is 2.30. The summed E-state index contributed by atoms with van der Waals surface area (Å²) in [5, 5.41) is 3.35. The number of anilines is 1. The Labute approximate surface area is 124 Å². The summed E-state index contributed by atoms with van der Waals surface area (Å²) in [6, 6.07) is 12.1. The summed E-state index contributed by atoms with van der Waals surface area (Å²) < 4.78 is 5.43. The van der Waals surface area contributed by atoms with Crippen molar-refractivity contribution in [1.29, 1.82) is 0 Å². The van der Waals surface area contributed by atoms with Gasteiger partial charge in [-0.25, -0.2) is 0 Å². The topological polar surface area (TPSA) is 42.2 Å². The number of Topliss-reactive ketones (excluding diaryl/α,β-unsaturated/α-hetero) is 1. The molecule has 0 saturated heterocycles. The summed E-state index contributed by atoms with van der Waals surface area (Å²) in [4.78, 5) is 11.9. The Hall–Kier alpha value is -2.29. The Balaban J connectivity index is 1.78. The fraction of sp³-hybridized carbons (Fsp3) is 0.278. The van der Waals surface area contributed by atoms with Crippen molar-refractivity contribution in [2.75, 3.05) is 5.32 Å². The molecule has 3 heteroatoms. The molecule has 1 N–H and O–H groups in total. The first-order valence-electron chi connectivity index (χ1n) is 7.36. The molecule has 1 aromatic heterocycles. The molecule has 1 atom stereocenters. The van der Waals surface area contributed by atoms with Crippen molar-refractivity contribution in [2.45, 2.75) is 32.1 Å². The van der Waals surface area contributed by atoms with Crippen LogP contribution in [0.25, 0.3) is 0 Å². The molecule has 1 aromatic carbocycles. The number of aryl methyl sites for hydroxylation is 1. The molecular weight excluding hydrogens is 262 g/mol. The highest BCUT2D eigenvalue weighted by molar-refractivity contribution is 5.84. The van der Waals surface area contributed by atoms with E-state index in [1.54, 1.807) is 6.26 Å². The van der Waals surface area contributed by atoms with Gasteiger partial charge < -0.3 is 9.73 Å². The smallest absolute Gasteiger partial charge is 0.139 e. The largest absolute Gasteiger partial charge is 0.469 e. The quantitative estimate of drug-likeness (QED) is 0.909. The third-order valence-electron chi connectivity index (χ3n) is 3.81. The zero-order valence-corrected chi connectivity index (χ0v) is 12.1. The fourth-order valence-electron chi connectivity index (χ4n) is 2.67. The van der Waals surface area contributed by atoms with Crippen LogP contribution in [-0.2, 0) is 11.2 Å². The van der Waals surface area contributed by atoms with Gasteiger partial charge in [-0.05, 0) is 36.2 Å². The Morgan fingerprint density at radius 2 is 2.05 bits per heavy atom. The number of hydrogen-bond acceptors (Lipinski definition) is 3. The highest BCUT2D eigenvalue weighted by atomic mass is 16.3. The minimum Gasteiger partial charge on any atom is -0.469 e. The van der Waals surface area contributed by atoms with Gasteiger partial charge in [-0.3, -0.25) is 4.79 Å². The van der Waals surface area contributed by atoms with E-state index >= 15 is 0 Å². The van der Waals surface area contributed by atoms with Gasteiger partial charge >= 0.3 is 0 Å². The average Bonchev–Trinajstić information content (AvgIpc) is 3.02. The Kier molecular flexibility index (Phi) is 3.91. The first kappa shape index (κ1) is 13.7. The SMILES string of the molecule is CCc1ccc(NC2=CC(c3ccco3)CC(=O)C2)cc1. The van der Waals surface area contributed by atoms with Crippen LogP contribution in [0.4, 0.5) is 5.69 Å². The van der Waals surface area contributed by atoms with Gasteiger partial charge in [-0.1, -0.05) is 25.1 Å². The molecule has 0 amide bonds.